The van der Waals surface area contributed by atoms with Crippen molar-refractivity contribution in [3.05, 3.63) is 101 Å². The lowest BCUT2D eigenvalue weighted by atomic mass is 10.0. The third kappa shape index (κ3) is 2.96. The van der Waals surface area contributed by atoms with Gasteiger partial charge in [0, 0.05) is 28.0 Å². The molecule has 5 aromatic rings. The third-order valence-corrected chi connectivity index (χ3v) is 5.68. The van der Waals surface area contributed by atoms with Crippen molar-refractivity contribution in [1.29, 1.82) is 0 Å². The number of benzene rings is 3. The third-order valence-electron chi connectivity index (χ3n) is 5.68. The molecule has 0 aliphatic heterocycles. The SMILES string of the molecule is Cc1nccc2c3cc(-c4ccccc4)ccc3n(Cc3c(F)c(F)c(F)c(F)c3F)c12. The van der Waals surface area contributed by atoms with E-state index in [1.54, 1.807) is 29.8 Å². The fourth-order valence-electron chi connectivity index (χ4n) is 4.15. The van der Waals surface area contributed by atoms with E-state index in [0.29, 0.717) is 16.7 Å². The number of fused-ring (bicyclic) bond motifs is 3. The molecule has 0 aliphatic carbocycles. The first-order valence-corrected chi connectivity index (χ1v) is 9.81. The molecule has 0 N–H and O–H groups in total. The molecular weight excluding hydrogens is 423 g/mol. The second kappa shape index (κ2) is 7.44. The standard InChI is InChI=1S/C25H15F5N2/c1-13-25-16(9-10-31-13)17-11-15(14-5-3-2-4-6-14)7-8-19(17)32(25)12-18-20(26)22(28)24(30)23(29)21(18)27/h2-11H,12H2,1H3. The number of hydrogen-bond donors (Lipinski definition) is 0. The van der Waals surface area contributed by atoms with E-state index >= 15 is 0 Å². The largest absolute Gasteiger partial charge is 0.334 e. The molecule has 0 unspecified atom stereocenters. The van der Waals surface area contributed by atoms with Gasteiger partial charge in [0.15, 0.2) is 23.3 Å². The van der Waals surface area contributed by atoms with Gasteiger partial charge in [-0.3, -0.25) is 4.98 Å². The van der Waals surface area contributed by atoms with Crippen LogP contribution in [-0.4, -0.2) is 9.55 Å². The summed E-state index contributed by atoms with van der Waals surface area (Å²) in [4.78, 5) is 4.26. The van der Waals surface area contributed by atoms with E-state index < -0.39 is 41.2 Å². The summed E-state index contributed by atoms with van der Waals surface area (Å²) in [5.74, 6) is -9.75. The topological polar surface area (TPSA) is 17.8 Å². The van der Waals surface area contributed by atoms with Gasteiger partial charge >= 0.3 is 0 Å². The number of halogens is 5. The highest BCUT2D eigenvalue weighted by molar-refractivity contribution is 6.10. The Hall–Kier alpha value is -3.74. The molecule has 2 aromatic heterocycles. The summed E-state index contributed by atoms with van der Waals surface area (Å²) in [6.45, 7) is 1.19. The van der Waals surface area contributed by atoms with Gasteiger partial charge in [0.1, 0.15) is 0 Å². The van der Waals surface area contributed by atoms with Crippen LogP contribution in [0.25, 0.3) is 32.9 Å². The number of nitrogens with zero attached hydrogens (tertiary/aromatic N) is 2. The minimum atomic E-state index is -2.17. The summed E-state index contributed by atoms with van der Waals surface area (Å²) in [5.41, 5.74) is 2.76. The fraction of sp³-hybridized carbons (Fsp3) is 0.0800. The van der Waals surface area contributed by atoms with E-state index in [2.05, 4.69) is 4.98 Å². The van der Waals surface area contributed by atoms with E-state index in [9.17, 15) is 22.0 Å². The van der Waals surface area contributed by atoms with Crippen molar-refractivity contribution in [2.45, 2.75) is 13.5 Å². The summed E-state index contributed by atoms with van der Waals surface area (Å²) in [7, 11) is 0. The normalized spacial score (nSPS) is 11.6. The maximum Gasteiger partial charge on any atom is 0.200 e. The average molecular weight is 438 g/mol. The summed E-state index contributed by atoms with van der Waals surface area (Å²) in [5, 5.41) is 1.56. The molecule has 0 spiro atoms. The van der Waals surface area contributed by atoms with Gasteiger partial charge in [-0.25, -0.2) is 22.0 Å². The van der Waals surface area contributed by atoms with E-state index in [1.807, 2.05) is 42.5 Å². The summed E-state index contributed by atoms with van der Waals surface area (Å²) in [6, 6.07) is 17.0. The van der Waals surface area contributed by atoms with E-state index in [0.717, 1.165) is 21.9 Å². The minimum absolute atomic E-state index is 0.539. The Balaban J connectivity index is 1.79. The molecule has 0 saturated heterocycles. The van der Waals surface area contributed by atoms with Gasteiger partial charge in [-0.05, 0) is 36.2 Å². The first-order valence-electron chi connectivity index (χ1n) is 9.81. The first-order chi connectivity index (χ1) is 15.4. The predicted molar refractivity (Wildman–Crippen MR) is 113 cm³/mol. The Bertz CT molecular complexity index is 1480. The number of aromatic nitrogens is 2. The molecule has 0 radical (unpaired) electrons. The summed E-state index contributed by atoms with van der Waals surface area (Å²) >= 11 is 0. The predicted octanol–water partition coefficient (Wildman–Crippen LogP) is 6.91. The number of pyridine rings is 1. The van der Waals surface area contributed by atoms with E-state index in [1.165, 1.54) is 0 Å². The fourth-order valence-corrected chi connectivity index (χ4v) is 4.15. The maximum atomic E-state index is 14.4. The van der Waals surface area contributed by atoms with Crippen molar-refractivity contribution in [3.8, 4) is 11.1 Å². The van der Waals surface area contributed by atoms with Crippen molar-refractivity contribution in [3.63, 3.8) is 0 Å². The van der Waals surface area contributed by atoms with E-state index in [-0.39, 0.29) is 0 Å². The van der Waals surface area contributed by atoms with Gasteiger partial charge in [0.2, 0.25) is 5.82 Å². The number of aryl methyl sites for hydroxylation is 1. The summed E-state index contributed by atoms with van der Waals surface area (Å²) in [6.07, 6.45) is 1.62. The molecule has 0 aliphatic rings. The van der Waals surface area contributed by atoms with Crippen molar-refractivity contribution >= 4 is 21.8 Å². The molecule has 32 heavy (non-hydrogen) atoms. The van der Waals surface area contributed by atoms with Crippen molar-refractivity contribution in [2.75, 3.05) is 0 Å². The first kappa shape index (κ1) is 20.2. The van der Waals surface area contributed by atoms with Crippen LogP contribution in [0.1, 0.15) is 11.3 Å². The summed E-state index contributed by atoms with van der Waals surface area (Å²) < 4.78 is 71.5. The molecule has 2 heterocycles. The monoisotopic (exact) mass is 438 g/mol. The van der Waals surface area contributed by atoms with Crippen LogP contribution in [0.4, 0.5) is 22.0 Å². The Kier molecular flexibility index (Phi) is 4.69. The molecular formula is C25H15F5N2. The molecule has 0 bridgehead atoms. The van der Waals surface area contributed by atoms with Crippen LogP contribution in [0.15, 0.2) is 60.8 Å². The van der Waals surface area contributed by atoms with Gasteiger partial charge in [0.25, 0.3) is 0 Å². The zero-order chi connectivity index (χ0) is 22.6. The molecule has 7 heteroatoms. The maximum absolute atomic E-state index is 14.4. The highest BCUT2D eigenvalue weighted by atomic mass is 19.2. The van der Waals surface area contributed by atoms with Gasteiger partial charge in [0.05, 0.1) is 17.8 Å². The molecule has 0 amide bonds. The number of hydrogen-bond acceptors (Lipinski definition) is 1. The zero-order valence-electron chi connectivity index (χ0n) is 16.8. The molecule has 0 saturated carbocycles. The highest BCUT2D eigenvalue weighted by Crippen LogP contribution is 2.35. The van der Waals surface area contributed by atoms with Crippen LogP contribution >= 0.6 is 0 Å². The van der Waals surface area contributed by atoms with Gasteiger partial charge < -0.3 is 4.57 Å². The lowest BCUT2D eigenvalue weighted by molar-refractivity contribution is 0.368. The van der Waals surface area contributed by atoms with Gasteiger partial charge in [-0.1, -0.05) is 36.4 Å². The van der Waals surface area contributed by atoms with Crippen LogP contribution in [0.3, 0.4) is 0 Å². The van der Waals surface area contributed by atoms with Crippen LogP contribution < -0.4 is 0 Å². The lowest BCUT2D eigenvalue weighted by Gasteiger charge is -2.12. The van der Waals surface area contributed by atoms with Crippen molar-refractivity contribution in [2.24, 2.45) is 0 Å². The Morgan fingerprint density at radius 1 is 0.719 bits per heavy atom. The van der Waals surface area contributed by atoms with Crippen molar-refractivity contribution in [1.82, 2.24) is 9.55 Å². The molecule has 160 valence electrons. The lowest BCUT2D eigenvalue weighted by Crippen LogP contribution is -2.11. The van der Waals surface area contributed by atoms with Gasteiger partial charge in [-0.2, -0.15) is 0 Å². The van der Waals surface area contributed by atoms with E-state index in [4.69, 9.17) is 0 Å². The minimum Gasteiger partial charge on any atom is -0.334 e. The van der Waals surface area contributed by atoms with Crippen LogP contribution in [0, 0.1) is 36.0 Å². The van der Waals surface area contributed by atoms with Crippen LogP contribution in [0.5, 0.6) is 0 Å². The molecule has 5 rings (SSSR count). The van der Waals surface area contributed by atoms with Crippen LogP contribution in [-0.2, 0) is 6.54 Å². The van der Waals surface area contributed by atoms with Crippen molar-refractivity contribution < 1.29 is 22.0 Å². The Morgan fingerprint density at radius 2 is 1.38 bits per heavy atom. The zero-order valence-corrected chi connectivity index (χ0v) is 16.8. The highest BCUT2D eigenvalue weighted by Gasteiger charge is 2.27. The Labute approximate surface area is 179 Å². The Morgan fingerprint density at radius 3 is 2.06 bits per heavy atom. The van der Waals surface area contributed by atoms with Crippen LogP contribution in [0.2, 0.25) is 0 Å². The molecule has 2 nitrogen and oxygen atoms in total. The second-order valence-corrected chi connectivity index (χ2v) is 7.53. The molecule has 0 fully saturated rings. The molecule has 3 aromatic carbocycles. The molecule has 0 atom stereocenters. The van der Waals surface area contributed by atoms with Gasteiger partial charge in [-0.15, -0.1) is 0 Å². The average Bonchev–Trinajstić information content (AvgIpc) is 3.14. The quantitative estimate of drug-likeness (QED) is 0.170. The number of rotatable bonds is 3. The second-order valence-electron chi connectivity index (χ2n) is 7.53. The smallest absolute Gasteiger partial charge is 0.200 e.